The van der Waals surface area contributed by atoms with Gasteiger partial charge in [0, 0.05) is 12.2 Å². The molecule has 0 N–H and O–H groups in total. The molecule has 2 aromatic rings. The van der Waals surface area contributed by atoms with Gasteiger partial charge in [-0.05, 0) is 26.3 Å². The number of carbonyl (C=O) groups is 1. The molecule has 0 aliphatic carbocycles. The van der Waals surface area contributed by atoms with E-state index in [4.69, 9.17) is 4.74 Å². The third-order valence-electron chi connectivity index (χ3n) is 3.27. The number of carbonyl (C=O) groups excluding carboxylic acids is 1. The van der Waals surface area contributed by atoms with Crippen LogP contribution in [0.25, 0.3) is 0 Å². The largest absolute Gasteiger partial charge is 0.460 e. The average Bonchev–Trinajstić information content (AvgIpc) is 2.94. The lowest BCUT2D eigenvalue weighted by Gasteiger charge is -2.16. The summed E-state index contributed by atoms with van der Waals surface area (Å²) in [6.07, 6.45) is 3.48. The molecule has 0 bridgehead atoms. The lowest BCUT2D eigenvalue weighted by Crippen LogP contribution is -2.17. The van der Waals surface area contributed by atoms with Crippen LogP contribution in [0.1, 0.15) is 44.0 Å². The van der Waals surface area contributed by atoms with Crippen molar-refractivity contribution < 1.29 is 9.53 Å². The summed E-state index contributed by atoms with van der Waals surface area (Å²) in [6, 6.07) is 9.96. The number of ether oxygens (including phenoxy) is 1. The van der Waals surface area contributed by atoms with Gasteiger partial charge in [0.25, 0.3) is 0 Å². The molecule has 0 spiro atoms. The smallest absolute Gasteiger partial charge is 0.315 e. The van der Waals surface area contributed by atoms with E-state index in [2.05, 4.69) is 18.8 Å². The van der Waals surface area contributed by atoms with Crippen molar-refractivity contribution in [3.8, 4) is 0 Å². The first kappa shape index (κ1) is 14.3. The van der Waals surface area contributed by atoms with Gasteiger partial charge in [-0.1, -0.05) is 30.3 Å². The zero-order valence-corrected chi connectivity index (χ0v) is 12.1. The van der Waals surface area contributed by atoms with E-state index >= 15 is 0 Å². The number of nitrogens with zero attached hydrogens (tertiary/aromatic N) is 2. The Morgan fingerprint density at radius 1 is 1.25 bits per heavy atom. The molecular weight excluding hydrogens is 252 g/mol. The fourth-order valence-corrected chi connectivity index (χ4v) is 2.06. The maximum atomic E-state index is 12.1. The molecule has 106 valence electrons. The van der Waals surface area contributed by atoms with Gasteiger partial charge in [-0.3, -0.25) is 4.79 Å². The second kappa shape index (κ2) is 6.37. The van der Waals surface area contributed by atoms with Gasteiger partial charge in [0.1, 0.15) is 6.61 Å². The summed E-state index contributed by atoms with van der Waals surface area (Å²) >= 11 is 0. The van der Waals surface area contributed by atoms with E-state index in [0.29, 0.717) is 6.61 Å². The molecule has 0 fully saturated rings. The summed E-state index contributed by atoms with van der Waals surface area (Å²) < 4.78 is 7.36. The Balaban J connectivity index is 2.00. The van der Waals surface area contributed by atoms with Gasteiger partial charge in [0.15, 0.2) is 0 Å². The summed E-state index contributed by atoms with van der Waals surface area (Å²) in [7, 11) is 0. The van der Waals surface area contributed by atoms with E-state index in [0.717, 1.165) is 11.3 Å². The zero-order valence-electron chi connectivity index (χ0n) is 12.1. The number of hydrogen-bond acceptors (Lipinski definition) is 3. The molecular formula is C16H20N2O2. The van der Waals surface area contributed by atoms with Crippen LogP contribution in [0.4, 0.5) is 0 Å². The average molecular weight is 272 g/mol. The Bertz CT molecular complexity index is 561. The van der Waals surface area contributed by atoms with E-state index in [-0.39, 0.29) is 17.9 Å². The number of benzene rings is 1. The van der Waals surface area contributed by atoms with Gasteiger partial charge in [-0.15, -0.1) is 0 Å². The molecule has 1 aromatic carbocycles. The molecule has 1 heterocycles. The normalized spacial score (nSPS) is 12.4. The fraction of sp³-hybridized carbons (Fsp3) is 0.375. The van der Waals surface area contributed by atoms with Crippen molar-refractivity contribution in [2.45, 2.75) is 39.3 Å². The van der Waals surface area contributed by atoms with Crippen LogP contribution in [0.2, 0.25) is 0 Å². The van der Waals surface area contributed by atoms with Gasteiger partial charge >= 0.3 is 5.97 Å². The van der Waals surface area contributed by atoms with Gasteiger partial charge in [0.05, 0.1) is 17.9 Å². The first-order chi connectivity index (χ1) is 9.59. The maximum Gasteiger partial charge on any atom is 0.315 e. The van der Waals surface area contributed by atoms with Crippen molar-refractivity contribution in [1.82, 2.24) is 9.55 Å². The Labute approximate surface area is 119 Å². The van der Waals surface area contributed by atoms with Crippen LogP contribution in [0.15, 0.2) is 42.9 Å². The van der Waals surface area contributed by atoms with Crippen LogP contribution in [0.5, 0.6) is 0 Å². The Hall–Kier alpha value is -2.10. The van der Waals surface area contributed by atoms with Gasteiger partial charge in [-0.25, -0.2) is 4.98 Å². The van der Waals surface area contributed by atoms with E-state index in [9.17, 15) is 4.79 Å². The van der Waals surface area contributed by atoms with Gasteiger partial charge < -0.3 is 9.30 Å². The molecule has 2 rings (SSSR count). The first-order valence-corrected chi connectivity index (χ1v) is 6.82. The van der Waals surface area contributed by atoms with Gasteiger partial charge in [-0.2, -0.15) is 0 Å². The summed E-state index contributed by atoms with van der Waals surface area (Å²) in [5.74, 6) is -0.542. The molecule has 1 aromatic heterocycles. The highest BCUT2D eigenvalue weighted by Gasteiger charge is 2.21. The van der Waals surface area contributed by atoms with Crippen LogP contribution >= 0.6 is 0 Å². The van der Waals surface area contributed by atoms with E-state index in [1.54, 1.807) is 12.5 Å². The number of esters is 1. The summed E-state index contributed by atoms with van der Waals surface area (Å²) in [5.41, 5.74) is 1.88. The molecule has 1 unspecified atom stereocenters. The maximum absolute atomic E-state index is 12.1. The molecule has 0 radical (unpaired) electrons. The molecule has 0 amide bonds. The minimum atomic E-state index is -0.316. The third kappa shape index (κ3) is 3.26. The molecule has 1 atom stereocenters. The monoisotopic (exact) mass is 272 g/mol. The second-order valence-electron chi connectivity index (χ2n) is 5.13. The topological polar surface area (TPSA) is 44.1 Å². The molecule has 4 heteroatoms. The van der Waals surface area contributed by atoms with Crippen molar-refractivity contribution in [3.63, 3.8) is 0 Å². The standard InChI is InChI=1S/C16H20N2O2/c1-12(2)18-11-17-9-15(18)13(3)16(19)20-10-14-7-5-4-6-8-14/h4-9,11-13H,10H2,1-3H3. The van der Waals surface area contributed by atoms with Gasteiger partial charge in [0.2, 0.25) is 0 Å². The molecule has 0 saturated carbocycles. The van der Waals surface area contributed by atoms with Crippen LogP contribution in [0, 0.1) is 0 Å². The molecule has 4 nitrogen and oxygen atoms in total. The first-order valence-electron chi connectivity index (χ1n) is 6.82. The number of rotatable bonds is 5. The van der Waals surface area contributed by atoms with Crippen LogP contribution in [-0.2, 0) is 16.1 Å². The number of imidazole rings is 1. The van der Waals surface area contributed by atoms with Crippen LogP contribution < -0.4 is 0 Å². The van der Waals surface area contributed by atoms with Crippen molar-refractivity contribution in [2.75, 3.05) is 0 Å². The minimum Gasteiger partial charge on any atom is -0.460 e. The molecule has 0 aliphatic heterocycles. The third-order valence-corrected chi connectivity index (χ3v) is 3.27. The Kier molecular flexibility index (Phi) is 4.56. The van der Waals surface area contributed by atoms with Crippen molar-refractivity contribution in [1.29, 1.82) is 0 Å². The van der Waals surface area contributed by atoms with Crippen molar-refractivity contribution in [3.05, 3.63) is 54.1 Å². The summed E-state index contributed by atoms with van der Waals surface area (Å²) in [6.45, 7) is 6.28. The second-order valence-corrected chi connectivity index (χ2v) is 5.13. The van der Waals surface area contributed by atoms with Crippen molar-refractivity contribution in [2.24, 2.45) is 0 Å². The highest BCUT2D eigenvalue weighted by atomic mass is 16.5. The summed E-state index contributed by atoms with van der Waals surface area (Å²) in [4.78, 5) is 16.2. The Morgan fingerprint density at radius 2 is 1.95 bits per heavy atom. The zero-order chi connectivity index (χ0) is 14.5. The lowest BCUT2D eigenvalue weighted by molar-refractivity contribution is -0.146. The summed E-state index contributed by atoms with van der Waals surface area (Å²) in [5, 5.41) is 0. The van der Waals surface area contributed by atoms with Crippen molar-refractivity contribution >= 4 is 5.97 Å². The molecule has 0 aliphatic rings. The fourth-order valence-electron chi connectivity index (χ4n) is 2.06. The quantitative estimate of drug-likeness (QED) is 0.784. The SMILES string of the molecule is CC(C(=O)OCc1ccccc1)c1cncn1C(C)C. The Morgan fingerprint density at radius 3 is 2.60 bits per heavy atom. The van der Waals surface area contributed by atoms with Crippen LogP contribution in [0.3, 0.4) is 0 Å². The minimum absolute atomic E-state index is 0.226. The van der Waals surface area contributed by atoms with E-state index < -0.39 is 0 Å². The highest BCUT2D eigenvalue weighted by Crippen LogP contribution is 2.20. The number of aromatic nitrogens is 2. The predicted molar refractivity (Wildman–Crippen MR) is 77.3 cm³/mol. The van der Waals surface area contributed by atoms with Crippen LogP contribution in [-0.4, -0.2) is 15.5 Å². The lowest BCUT2D eigenvalue weighted by atomic mass is 10.1. The predicted octanol–water partition coefficient (Wildman–Crippen LogP) is 3.31. The van der Waals surface area contributed by atoms with E-state index in [1.807, 2.05) is 41.8 Å². The number of hydrogen-bond donors (Lipinski definition) is 0. The molecule has 0 saturated heterocycles. The molecule has 20 heavy (non-hydrogen) atoms. The highest BCUT2D eigenvalue weighted by molar-refractivity contribution is 5.77. The van der Waals surface area contributed by atoms with E-state index in [1.165, 1.54) is 0 Å².